The Labute approximate surface area is 160 Å². The number of hydrogen-bond acceptors (Lipinski definition) is 6. The van der Waals surface area contributed by atoms with Gasteiger partial charge in [0.15, 0.2) is 5.75 Å². The van der Waals surface area contributed by atoms with E-state index in [9.17, 15) is 10.1 Å². The van der Waals surface area contributed by atoms with Crippen LogP contribution in [0.15, 0.2) is 81.9 Å². The second-order valence-corrected chi connectivity index (χ2v) is 6.22. The third-order valence-electron chi connectivity index (χ3n) is 4.56. The lowest BCUT2D eigenvalue weighted by atomic mass is 9.84. The molecule has 1 aliphatic heterocycles. The van der Waals surface area contributed by atoms with Crippen LogP contribution in [0, 0.1) is 11.3 Å². The number of ether oxygens (including phenoxy) is 2. The maximum Gasteiger partial charge on any atom is 0.344 e. The van der Waals surface area contributed by atoms with Crippen LogP contribution in [0.3, 0.4) is 0 Å². The normalized spacial score (nSPS) is 15.5. The van der Waals surface area contributed by atoms with E-state index in [0.717, 1.165) is 0 Å². The molecule has 0 saturated carbocycles. The first kappa shape index (κ1) is 17.4. The van der Waals surface area contributed by atoms with E-state index >= 15 is 0 Å². The number of para-hydroxylation sites is 1. The zero-order valence-corrected chi connectivity index (χ0v) is 14.8. The molecule has 1 aromatic heterocycles. The Morgan fingerprint density at radius 1 is 1.21 bits per heavy atom. The van der Waals surface area contributed by atoms with Crippen molar-refractivity contribution in [2.24, 2.45) is 5.73 Å². The molecule has 2 aromatic carbocycles. The lowest BCUT2D eigenvalue weighted by molar-refractivity contribution is 0.363. The van der Waals surface area contributed by atoms with Gasteiger partial charge in [0.25, 0.3) is 0 Å². The van der Waals surface area contributed by atoms with Gasteiger partial charge in [-0.05, 0) is 29.8 Å². The molecule has 0 spiro atoms. The van der Waals surface area contributed by atoms with Crippen molar-refractivity contribution in [2.45, 2.75) is 5.92 Å². The van der Waals surface area contributed by atoms with Gasteiger partial charge in [-0.3, -0.25) is 0 Å². The molecule has 1 unspecified atom stereocenters. The molecular weight excluding hydrogens is 356 g/mol. The lowest BCUT2D eigenvalue weighted by Gasteiger charge is -2.26. The van der Waals surface area contributed by atoms with Gasteiger partial charge in [-0.25, -0.2) is 4.79 Å². The Kier molecular flexibility index (Phi) is 4.34. The first-order valence-corrected chi connectivity index (χ1v) is 8.61. The van der Waals surface area contributed by atoms with E-state index in [1.807, 2.05) is 6.07 Å². The molecule has 0 fully saturated rings. The Morgan fingerprint density at radius 2 is 1.96 bits per heavy atom. The topological polar surface area (TPSA) is 98.5 Å². The number of benzene rings is 2. The molecule has 3 aromatic rings. The van der Waals surface area contributed by atoms with Crippen molar-refractivity contribution in [3.63, 3.8) is 0 Å². The van der Waals surface area contributed by atoms with Crippen molar-refractivity contribution < 1.29 is 13.9 Å². The van der Waals surface area contributed by atoms with Gasteiger partial charge in [0, 0.05) is 0 Å². The zero-order valence-electron chi connectivity index (χ0n) is 14.8. The largest absolute Gasteiger partial charge is 0.490 e. The van der Waals surface area contributed by atoms with E-state index in [-0.39, 0.29) is 17.0 Å². The summed E-state index contributed by atoms with van der Waals surface area (Å²) < 4.78 is 16.7. The van der Waals surface area contributed by atoms with Crippen LogP contribution in [0.1, 0.15) is 17.0 Å². The van der Waals surface area contributed by atoms with Gasteiger partial charge < -0.3 is 19.6 Å². The predicted octanol–water partition coefficient (Wildman–Crippen LogP) is 3.58. The summed E-state index contributed by atoms with van der Waals surface area (Å²) in [5, 5.41) is 10.3. The minimum atomic E-state index is -0.692. The molecule has 4 rings (SSSR count). The highest BCUT2D eigenvalue weighted by Crippen LogP contribution is 2.43. The van der Waals surface area contributed by atoms with Crippen molar-refractivity contribution >= 4 is 11.0 Å². The van der Waals surface area contributed by atoms with Crippen LogP contribution in [0.5, 0.6) is 11.5 Å². The number of nitrogens with zero attached hydrogens (tertiary/aromatic N) is 1. The third kappa shape index (κ3) is 2.79. The van der Waals surface area contributed by atoms with Crippen LogP contribution in [-0.2, 0) is 0 Å². The minimum Gasteiger partial charge on any atom is -0.490 e. The van der Waals surface area contributed by atoms with E-state index in [2.05, 4.69) is 12.6 Å². The standard InChI is InChI=1S/C22H16N2O4/c1-2-11-26-14-9-7-13(8-10-14)18-16(12-23)21(24)28-20-15-5-3-4-6-17(15)27-22(25)19(18)20/h2-10,18H,1,11,24H2. The molecule has 138 valence electrons. The highest BCUT2D eigenvalue weighted by molar-refractivity contribution is 5.86. The molecule has 2 N–H and O–H groups in total. The van der Waals surface area contributed by atoms with Gasteiger partial charge in [0.05, 0.1) is 16.9 Å². The maximum absolute atomic E-state index is 12.8. The first-order valence-electron chi connectivity index (χ1n) is 8.61. The van der Waals surface area contributed by atoms with E-state index in [0.29, 0.717) is 34.6 Å². The second kappa shape index (κ2) is 6.97. The summed E-state index contributed by atoms with van der Waals surface area (Å²) in [5.74, 6) is 0.253. The van der Waals surface area contributed by atoms with E-state index in [4.69, 9.17) is 19.6 Å². The summed E-state index contributed by atoms with van der Waals surface area (Å²) in [6.07, 6.45) is 1.65. The molecule has 28 heavy (non-hydrogen) atoms. The number of allylic oxidation sites excluding steroid dienone is 1. The smallest absolute Gasteiger partial charge is 0.344 e. The molecule has 1 aliphatic rings. The summed E-state index contributed by atoms with van der Waals surface area (Å²) >= 11 is 0. The molecule has 1 atom stereocenters. The molecule has 0 bridgehead atoms. The Balaban J connectivity index is 1.92. The average molecular weight is 372 g/mol. The van der Waals surface area contributed by atoms with Crippen LogP contribution in [0.25, 0.3) is 11.0 Å². The van der Waals surface area contributed by atoms with E-state index in [1.165, 1.54) is 0 Å². The minimum absolute atomic E-state index is 0.0252. The summed E-state index contributed by atoms with van der Waals surface area (Å²) in [5.41, 5.74) is 6.99. The fourth-order valence-electron chi connectivity index (χ4n) is 3.31. The number of fused-ring (bicyclic) bond motifs is 3. The fourth-order valence-corrected chi connectivity index (χ4v) is 3.31. The van der Waals surface area contributed by atoms with Crippen molar-refractivity contribution in [1.82, 2.24) is 0 Å². The van der Waals surface area contributed by atoms with E-state index < -0.39 is 11.5 Å². The summed E-state index contributed by atoms with van der Waals surface area (Å²) in [6.45, 7) is 4.00. The van der Waals surface area contributed by atoms with Gasteiger partial charge >= 0.3 is 5.63 Å². The number of nitrogens with two attached hydrogens (primary N) is 1. The van der Waals surface area contributed by atoms with E-state index in [1.54, 1.807) is 48.5 Å². The molecule has 6 nitrogen and oxygen atoms in total. The number of nitriles is 1. The SMILES string of the molecule is C=CCOc1ccc(C2C(C#N)=C(N)Oc3c2c(=O)oc2ccccc32)cc1. The van der Waals surface area contributed by atoms with Crippen molar-refractivity contribution in [3.8, 4) is 17.6 Å². The van der Waals surface area contributed by atoms with Gasteiger partial charge in [-0.15, -0.1) is 0 Å². The Morgan fingerprint density at radius 3 is 2.68 bits per heavy atom. The molecular formula is C22H16N2O4. The van der Waals surface area contributed by atoms with Crippen LogP contribution in [-0.4, -0.2) is 6.61 Å². The van der Waals surface area contributed by atoms with Gasteiger partial charge in [0.1, 0.15) is 29.6 Å². The monoisotopic (exact) mass is 372 g/mol. The van der Waals surface area contributed by atoms with Crippen LogP contribution in [0.2, 0.25) is 0 Å². The summed E-state index contributed by atoms with van der Waals surface area (Å²) in [4.78, 5) is 12.8. The lowest BCUT2D eigenvalue weighted by Crippen LogP contribution is -2.26. The highest BCUT2D eigenvalue weighted by atomic mass is 16.5. The quantitative estimate of drug-likeness (QED) is 0.555. The third-order valence-corrected chi connectivity index (χ3v) is 4.56. The Bertz CT molecular complexity index is 1200. The summed E-state index contributed by atoms with van der Waals surface area (Å²) in [6, 6.07) is 16.2. The molecule has 0 saturated heterocycles. The zero-order chi connectivity index (χ0) is 19.7. The molecule has 0 aliphatic carbocycles. The predicted molar refractivity (Wildman–Crippen MR) is 104 cm³/mol. The maximum atomic E-state index is 12.8. The average Bonchev–Trinajstić information content (AvgIpc) is 2.72. The number of rotatable bonds is 4. The summed E-state index contributed by atoms with van der Waals surface area (Å²) in [7, 11) is 0. The highest BCUT2D eigenvalue weighted by Gasteiger charge is 2.35. The fraction of sp³-hybridized carbons (Fsp3) is 0.0909. The van der Waals surface area contributed by atoms with Crippen LogP contribution in [0.4, 0.5) is 0 Å². The molecule has 6 heteroatoms. The molecule has 0 radical (unpaired) electrons. The van der Waals surface area contributed by atoms with Crippen molar-refractivity contribution in [1.29, 1.82) is 5.26 Å². The number of hydrogen-bond donors (Lipinski definition) is 1. The van der Waals surface area contributed by atoms with Crippen molar-refractivity contribution in [2.75, 3.05) is 6.61 Å². The van der Waals surface area contributed by atoms with Crippen LogP contribution >= 0.6 is 0 Å². The van der Waals surface area contributed by atoms with Gasteiger partial charge in [0.2, 0.25) is 5.88 Å². The van der Waals surface area contributed by atoms with Gasteiger partial charge in [-0.1, -0.05) is 36.9 Å². The molecule has 0 amide bonds. The first-order chi connectivity index (χ1) is 13.6. The van der Waals surface area contributed by atoms with Crippen molar-refractivity contribution in [3.05, 3.63) is 94.2 Å². The second-order valence-electron chi connectivity index (χ2n) is 6.22. The van der Waals surface area contributed by atoms with Crippen LogP contribution < -0.4 is 20.8 Å². The molecule has 2 heterocycles. The Hall–Kier alpha value is -3.98. The van der Waals surface area contributed by atoms with Gasteiger partial charge in [-0.2, -0.15) is 5.26 Å².